The van der Waals surface area contributed by atoms with Crippen molar-refractivity contribution in [1.29, 1.82) is 0 Å². The third-order valence-corrected chi connectivity index (χ3v) is 3.30. The van der Waals surface area contributed by atoms with Crippen LogP contribution in [-0.4, -0.2) is 16.3 Å². The molecule has 96 valence electrons. The zero-order valence-electron chi connectivity index (χ0n) is 10.2. The molecule has 0 fully saturated rings. The van der Waals surface area contributed by atoms with E-state index in [0.717, 1.165) is 10.9 Å². The van der Waals surface area contributed by atoms with Crippen LogP contribution in [0.3, 0.4) is 0 Å². The van der Waals surface area contributed by atoms with E-state index in [0.29, 0.717) is 17.9 Å². The Morgan fingerprint density at radius 2 is 1.94 bits per heavy atom. The van der Waals surface area contributed by atoms with Gasteiger partial charge < -0.3 is 15.9 Å². The number of phenols is 1. The number of hydrogen-bond donors (Lipinski definition) is 3. The summed E-state index contributed by atoms with van der Waals surface area (Å²) in [5, 5.41) is 19.7. The SMILES string of the molecule is CC(C)CC[C@H](O)[C@H](N)c1cc(Br)ccc1O. The molecule has 0 saturated carbocycles. The second kappa shape index (κ2) is 6.38. The van der Waals surface area contributed by atoms with Gasteiger partial charge in [-0.25, -0.2) is 0 Å². The summed E-state index contributed by atoms with van der Waals surface area (Å²) in [6.45, 7) is 4.21. The molecule has 0 bridgehead atoms. The quantitative estimate of drug-likeness (QED) is 0.783. The first-order valence-corrected chi connectivity index (χ1v) is 6.63. The predicted molar refractivity (Wildman–Crippen MR) is 72.8 cm³/mol. The summed E-state index contributed by atoms with van der Waals surface area (Å²) >= 11 is 3.33. The number of halogens is 1. The van der Waals surface area contributed by atoms with Crippen molar-refractivity contribution in [3.63, 3.8) is 0 Å². The van der Waals surface area contributed by atoms with Crippen molar-refractivity contribution in [2.24, 2.45) is 11.7 Å². The van der Waals surface area contributed by atoms with Gasteiger partial charge in [0.25, 0.3) is 0 Å². The highest BCUT2D eigenvalue weighted by Gasteiger charge is 2.20. The minimum absolute atomic E-state index is 0.129. The molecule has 0 spiro atoms. The molecule has 0 aliphatic heterocycles. The third kappa shape index (κ3) is 4.30. The maximum atomic E-state index is 9.98. The van der Waals surface area contributed by atoms with Gasteiger partial charge in [0.2, 0.25) is 0 Å². The monoisotopic (exact) mass is 301 g/mol. The molecular formula is C13H20BrNO2. The molecule has 0 saturated heterocycles. The third-order valence-electron chi connectivity index (χ3n) is 2.80. The Kier molecular flexibility index (Phi) is 5.43. The highest BCUT2D eigenvalue weighted by atomic mass is 79.9. The average Bonchev–Trinajstić information content (AvgIpc) is 2.28. The minimum atomic E-state index is -0.627. The maximum absolute atomic E-state index is 9.98. The molecule has 0 amide bonds. The van der Waals surface area contributed by atoms with Gasteiger partial charge >= 0.3 is 0 Å². The van der Waals surface area contributed by atoms with E-state index in [1.165, 1.54) is 0 Å². The number of aliphatic hydroxyl groups excluding tert-OH is 1. The van der Waals surface area contributed by atoms with Crippen molar-refractivity contribution >= 4 is 15.9 Å². The van der Waals surface area contributed by atoms with Crippen LogP contribution in [0.2, 0.25) is 0 Å². The molecule has 4 N–H and O–H groups in total. The Balaban J connectivity index is 2.74. The summed E-state index contributed by atoms with van der Waals surface area (Å²) in [4.78, 5) is 0. The number of aromatic hydroxyl groups is 1. The van der Waals surface area contributed by atoms with Crippen molar-refractivity contribution in [3.05, 3.63) is 28.2 Å². The molecule has 1 aromatic carbocycles. The van der Waals surface area contributed by atoms with E-state index in [1.807, 2.05) is 0 Å². The summed E-state index contributed by atoms with van der Waals surface area (Å²) < 4.78 is 0.844. The van der Waals surface area contributed by atoms with Gasteiger partial charge in [-0.05, 0) is 37.0 Å². The lowest BCUT2D eigenvalue weighted by Crippen LogP contribution is -2.26. The summed E-state index contributed by atoms with van der Waals surface area (Å²) in [6.07, 6.45) is 0.937. The van der Waals surface area contributed by atoms with Crippen LogP contribution < -0.4 is 5.73 Å². The number of benzene rings is 1. The molecular weight excluding hydrogens is 282 g/mol. The van der Waals surface area contributed by atoms with Crippen LogP contribution >= 0.6 is 15.9 Å². The molecule has 0 aliphatic rings. The molecule has 0 aromatic heterocycles. The van der Waals surface area contributed by atoms with E-state index in [2.05, 4.69) is 29.8 Å². The second-order valence-corrected chi connectivity index (χ2v) is 5.68. The van der Waals surface area contributed by atoms with Gasteiger partial charge in [-0.2, -0.15) is 0 Å². The van der Waals surface area contributed by atoms with Crippen LogP contribution in [0.15, 0.2) is 22.7 Å². The summed E-state index contributed by atoms with van der Waals surface area (Å²) in [7, 11) is 0. The van der Waals surface area contributed by atoms with E-state index in [9.17, 15) is 10.2 Å². The lowest BCUT2D eigenvalue weighted by Gasteiger charge is -2.21. The summed E-state index contributed by atoms with van der Waals surface area (Å²) in [5.74, 6) is 0.664. The lowest BCUT2D eigenvalue weighted by atomic mass is 9.95. The molecule has 0 unspecified atom stereocenters. The Morgan fingerprint density at radius 3 is 2.53 bits per heavy atom. The van der Waals surface area contributed by atoms with E-state index in [1.54, 1.807) is 18.2 Å². The van der Waals surface area contributed by atoms with Gasteiger partial charge in [-0.3, -0.25) is 0 Å². The fourth-order valence-corrected chi connectivity index (χ4v) is 2.06. The normalized spacial score (nSPS) is 14.9. The fourth-order valence-electron chi connectivity index (χ4n) is 1.68. The summed E-state index contributed by atoms with van der Waals surface area (Å²) in [6, 6.07) is 4.52. The van der Waals surface area contributed by atoms with E-state index < -0.39 is 12.1 Å². The Labute approximate surface area is 111 Å². The molecule has 1 rings (SSSR count). The van der Waals surface area contributed by atoms with Crippen molar-refractivity contribution in [1.82, 2.24) is 0 Å². The second-order valence-electron chi connectivity index (χ2n) is 4.77. The van der Waals surface area contributed by atoms with Crippen molar-refractivity contribution in [2.75, 3.05) is 0 Å². The van der Waals surface area contributed by atoms with Crippen LogP contribution in [0.5, 0.6) is 5.75 Å². The van der Waals surface area contributed by atoms with E-state index >= 15 is 0 Å². The number of aliphatic hydroxyl groups is 1. The highest BCUT2D eigenvalue weighted by molar-refractivity contribution is 9.10. The average molecular weight is 302 g/mol. The van der Waals surface area contributed by atoms with E-state index in [4.69, 9.17) is 5.73 Å². The Morgan fingerprint density at radius 1 is 1.29 bits per heavy atom. The molecule has 1 aromatic rings. The van der Waals surface area contributed by atoms with Gasteiger partial charge in [0, 0.05) is 10.0 Å². The largest absolute Gasteiger partial charge is 0.508 e. The first-order valence-electron chi connectivity index (χ1n) is 5.84. The molecule has 3 nitrogen and oxygen atoms in total. The number of phenolic OH excluding ortho intramolecular Hbond substituents is 1. The molecule has 0 heterocycles. The van der Waals surface area contributed by atoms with Crippen LogP contribution in [0.25, 0.3) is 0 Å². The first-order chi connectivity index (χ1) is 7.91. The first kappa shape index (κ1) is 14.5. The van der Waals surface area contributed by atoms with Crippen molar-refractivity contribution < 1.29 is 10.2 Å². The van der Waals surface area contributed by atoms with Gasteiger partial charge in [0.05, 0.1) is 12.1 Å². The van der Waals surface area contributed by atoms with Gasteiger partial charge in [-0.15, -0.1) is 0 Å². The maximum Gasteiger partial charge on any atom is 0.120 e. The van der Waals surface area contributed by atoms with Crippen LogP contribution in [-0.2, 0) is 0 Å². The smallest absolute Gasteiger partial charge is 0.120 e. The lowest BCUT2D eigenvalue weighted by molar-refractivity contribution is 0.127. The summed E-state index contributed by atoms with van der Waals surface area (Å²) in [5.41, 5.74) is 6.54. The molecule has 4 heteroatoms. The Hall–Kier alpha value is -0.580. The molecule has 0 radical (unpaired) electrons. The van der Waals surface area contributed by atoms with Crippen LogP contribution in [0.1, 0.15) is 38.3 Å². The highest BCUT2D eigenvalue weighted by Crippen LogP contribution is 2.29. The van der Waals surface area contributed by atoms with Gasteiger partial charge in [0.1, 0.15) is 5.75 Å². The molecule has 0 aliphatic carbocycles. The van der Waals surface area contributed by atoms with Crippen molar-refractivity contribution in [3.8, 4) is 5.75 Å². The number of rotatable bonds is 5. The Bertz CT molecular complexity index is 368. The predicted octanol–water partition coefficient (Wildman–Crippen LogP) is 2.95. The minimum Gasteiger partial charge on any atom is -0.508 e. The standard InChI is InChI=1S/C13H20BrNO2/c1-8(2)3-5-12(17)13(15)10-7-9(14)4-6-11(10)16/h4,6-8,12-13,16-17H,3,5,15H2,1-2H3/t12-,13+/m0/s1. The van der Waals surface area contributed by atoms with Crippen LogP contribution in [0.4, 0.5) is 0 Å². The van der Waals surface area contributed by atoms with Gasteiger partial charge in [-0.1, -0.05) is 29.8 Å². The van der Waals surface area contributed by atoms with Crippen LogP contribution in [0, 0.1) is 5.92 Å². The van der Waals surface area contributed by atoms with Crippen molar-refractivity contribution in [2.45, 2.75) is 38.8 Å². The number of hydrogen-bond acceptors (Lipinski definition) is 3. The topological polar surface area (TPSA) is 66.5 Å². The molecule has 17 heavy (non-hydrogen) atoms. The fraction of sp³-hybridized carbons (Fsp3) is 0.538. The molecule has 2 atom stereocenters. The zero-order valence-corrected chi connectivity index (χ0v) is 11.8. The number of nitrogens with two attached hydrogens (primary N) is 1. The zero-order chi connectivity index (χ0) is 13.0. The van der Waals surface area contributed by atoms with E-state index in [-0.39, 0.29) is 5.75 Å². The van der Waals surface area contributed by atoms with Gasteiger partial charge in [0.15, 0.2) is 0 Å².